The molecule has 0 aliphatic carbocycles. The Labute approximate surface area is 261 Å². The van der Waals surface area contributed by atoms with E-state index in [1.165, 1.54) is 7.11 Å². The number of carbonyl (C=O) groups is 1. The molecule has 0 amide bonds. The van der Waals surface area contributed by atoms with Crippen LogP contribution < -0.4 is 4.90 Å². The minimum Gasteiger partial charge on any atom is -0.467 e. The predicted molar refractivity (Wildman–Crippen MR) is 172 cm³/mol. The van der Waals surface area contributed by atoms with Gasteiger partial charge in [0.15, 0.2) is 6.10 Å². The molecular formula is C33H37ClN4O4S. The van der Waals surface area contributed by atoms with E-state index in [2.05, 4.69) is 20.9 Å². The number of carbonyl (C=O) groups excluding carboxylic acids is 1. The standard InChI is InChI=1S/C33H37ClN4O4S/c1-20-14-26-30(28(21-6-8-23(34)9-7-21)27(20)29(32(39)40-5)42-33(2,3)4)43-31(36-26)22-15-24(17-35-16-22)37-10-12-38(13-11-37)25-18-41-19-25/h6-9,14-17,25,29H,10-13,18-19H2,1-5H3. The molecule has 0 N–H and O–H groups in total. The average molecular weight is 621 g/mol. The number of aromatic nitrogens is 2. The summed E-state index contributed by atoms with van der Waals surface area (Å²) in [7, 11) is 1.39. The van der Waals surface area contributed by atoms with Crippen molar-refractivity contribution in [3.63, 3.8) is 0 Å². The molecule has 2 aliphatic rings. The third-order valence-electron chi connectivity index (χ3n) is 8.00. The first-order chi connectivity index (χ1) is 20.6. The SMILES string of the molecule is COC(=O)C(OC(C)(C)C)c1c(C)cc2nc(-c3cncc(N4CCN(C5COC5)CC4)c3)sc2c1-c1ccc(Cl)cc1. The number of esters is 1. The summed E-state index contributed by atoms with van der Waals surface area (Å²) in [4.78, 5) is 27.8. The zero-order chi connectivity index (χ0) is 30.3. The van der Waals surface area contributed by atoms with Gasteiger partial charge in [0.1, 0.15) is 5.01 Å². The number of benzene rings is 2. The summed E-state index contributed by atoms with van der Waals surface area (Å²) in [6.45, 7) is 13.4. The lowest BCUT2D eigenvalue weighted by Gasteiger charge is -2.43. The van der Waals surface area contributed by atoms with Crippen LogP contribution in [-0.4, -0.2) is 79.0 Å². The van der Waals surface area contributed by atoms with Crippen LogP contribution in [0.4, 0.5) is 5.69 Å². The number of aryl methyl sites for hydroxylation is 1. The molecule has 1 atom stereocenters. The highest BCUT2D eigenvalue weighted by molar-refractivity contribution is 7.22. The van der Waals surface area contributed by atoms with Crippen LogP contribution >= 0.6 is 22.9 Å². The number of thiazole rings is 1. The second kappa shape index (κ2) is 12.1. The fourth-order valence-corrected chi connectivity index (χ4v) is 6.99. The van der Waals surface area contributed by atoms with Gasteiger partial charge in [-0.1, -0.05) is 23.7 Å². The molecule has 4 aromatic rings. The van der Waals surface area contributed by atoms with Gasteiger partial charge in [-0.25, -0.2) is 9.78 Å². The largest absolute Gasteiger partial charge is 0.467 e. The summed E-state index contributed by atoms with van der Waals surface area (Å²) in [5.74, 6) is -0.445. The minimum atomic E-state index is -0.916. The zero-order valence-corrected chi connectivity index (χ0v) is 26.8. The van der Waals surface area contributed by atoms with Crippen molar-refractivity contribution < 1.29 is 19.0 Å². The van der Waals surface area contributed by atoms with Crippen molar-refractivity contribution in [2.24, 2.45) is 0 Å². The molecule has 4 heterocycles. The van der Waals surface area contributed by atoms with E-state index in [4.69, 9.17) is 30.8 Å². The van der Waals surface area contributed by atoms with Crippen LogP contribution in [-0.2, 0) is 19.0 Å². The van der Waals surface area contributed by atoms with E-state index in [0.29, 0.717) is 11.1 Å². The average Bonchev–Trinajstić information content (AvgIpc) is 3.38. The third kappa shape index (κ3) is 6.28. The molecular weight excluding hydrogens is 584 g/mol. The number of methoxy groups -OCH3 is 1. The Morgan fingerprint density at radius 2 is 1.79 bits per heavy atom. The lowest BCUT2D eigenvalue weighted by molar-refractivity contribution is -0.164. The van der Waals surface area contributed by atoms with Gasteiger partial charge in [-0.2, -0.15) is 0 Å². The Hall–Kier alpha value is -3.08. The summed E-state index contributed by atoms with van der Waals surface area (Å²) in [6.07, 6.45) is 2.89. The topological polar surface area (TPSA) is 77.0 Å². The zero-order valence-electron chi connectivity index (χ0n) is 25.2. The van der Waals surface area contributed by atoms with Gasteiger partial charge in [-0.05, 0) is 63.1 Å². The molecule has 2 aliphatic heterocycles. The molecule has 226 valence electrons. The smallest absolute Gasteiger partial charge is 0.339 e. The number of anilines is 1. The van der Waals surface area contributed by atoms with Gasteiger partial charge in [0.05, 0.1) is 54.1 Å². The maximum atomic E-state index is 13.2. The summed E-state index contributed by atoms with van der Waals surface area (Å²) in [5, 5.41) is 1.51. The molecule has 6 rings (SSSR count). The number of nitrogens with zero attached hydrogens (tertiary/aromatic N) is 4. The Bertz CT molecular complexity index is 1620. The molecule has 1 unspecified atom stereocenters. The molecule has 0 spiro atoms. The first-order valence-electron chi connectivity index (χ1n) is 14.6. The van der Waals surface area contributed by atoms with E-state index >= 15 is 0 Å². The normalized spacial score (nSPS) is 17.2. The molecule has 2 fully saturated rings. The molecule has 43 heavy (non-hydrogen) atoms. The maximum Gasteiger partial charge on any atom is 0.339 e. The van der Waals surface area contributed by atoms with E-state index in [9.17, 15) is 4.79 Å². The second-order valence-corrected chi connectivity index (χ2v) is 13.6. The van der Waals surface area contributed by atoms with Gasteiger partial charge in [0.2, 0.25) is 0 Å². The first kappa shape index (κ1) is 30.0. The fraction of sp³-hybridized carbons (Fsp3) is 0.424. The third-order valence-corrected chi connectivity index (χ3v) is 9.39. The number of ether oxygens (including phenoxy) is 3. The van der Waals surface area contributed by atoms with Crippen molar-refractivity contribution in [1.29, 1.82) is 0 Å². The molecule has 0 bridgehead atoms. The molecule has 0 radical (unpaired) electrons. The second-order valence-electron chi connectivity index (χ2n) is 12.1. The molecule has 0 saturated carbocycles. The molecule has 10 heteroatoms. The monoisotopic (exact) mass is 620 g/mol. The summed E-state index contributed by atoms with van der Waals surface area (Å²) < 4.78 is 18.0. The predicted octanol–water partition coefficient (Wildman–Crippen LogP) is 6.54. The van der Waals surface area contributed by atoms with Crippen molar-refractivity contribution in [1.82, 2.24) is 14.9 Å². The van der Waals surface area contributed by atoms with Crippen LogP contribution in [0.15, 0.2) is 48.8 Å². The van der Waals surface area contributed by atoms with Crippen molar-refractivity contribution in [2.75, 3.05) is 51.4 Å². The van der Waals surface area contributed by atoms with Crippen LogP contribution in [0, 0.1) is 6.92 Å². The van der Waals surface area contributed by atoms with Crippen LogP contribution in [0.2, 0.25) is 5.02 Å². The molecule has 2 saturated heterocycles. The minimum absolute atomic E-state index is 0.445. The van der Waals surface area contributed by atoms with Gasteiger partial charge in [0.25, 0.3) is 0 Å². The lowest BCUT2D eigenvalue weighted by atomic mass is 9.91. The fourth-order valence-electron chi connectivity index (χ4n) is 5.76. The van der Waals surface area contributed by atoms with Crippen molar-refractivity contribution in [3.8, 4) is 21.7 Å². The number of hydrogen-bond acceptors (Lipinski definition) is 9. The van der Waals surface area contributed by atoms with Gasteiger partial charge >= 0.3 is 5.97 Å². The Morgan fingerprint density at radius 3 is 2.42 bits per heavy atom. The molecule has 2 aromatic heterocycles. The number of rotatable bonds is 7. The van der Waals surface area contributed by atoms with Crippen molar-refractivity contribution in [2.45, 2.75) is 45.4 Å². The summed E-state index contributed by atoms with van der Waals surface area (Å²) in [5.41, 5.74) is 5.83. The van der Waals surface area contributed by atoms with E-state index < -0.39 is 17.7 Å². The molecule has 8 nitrogen and oxygen atoms in total. The highest BCUT2D eigenvalue weighted by atomic mass is 35.5. The number of halogens is 1. The Morgan fingerprint density at radius 1 is 1.07 bits per heavy atom. The highest BCUT2D eigenvalue weighted by Crippen LogP contribution is 2.44. The lowest BCUT2D eigenvalue weighted by Crippen LogP contribution is -2.56. The highest BCUT2D eigenvalue weighted by Gasteiger charge is 2.33. The van der Waals surface area contributed by atoms with E-state index in [-0.39, 0.29) is 0 Å². The number of piperazine rings is 1. The van der Waals surface area contributed by atoms with E-state index in [1.807, 2.05) is 70.4 Å². The van der Waals surface area contributed by atoms with Crippen LogP contribution in [0.3, 0.4) is 0 Å². The van der Waals surface area contributed by atoms with Gasteiger partial charge < -0.3 is 19.1 Å². The summed E-state index contributed by atoms with van der Waals surface area (Å²) in [6, 6.07) is 12.4. The number of pyridine rings is 1. The van der Waals surface area contributed by atoms with Crippen molar-refractivity contribution in [3.05, 3.63) is 64.9 Å². The number of hydrogen-bond donors (Lipinski definition) is 0. The Kier molecular flexibility index (Phi) is 8.45. The van der Waals surface area contributed by atoms with Crippen LogP contribution in [0.1, 0.15) is 38.0 Å². The van der Waals surface area contributed by atoms with E-state index in [0.717, 1.165) is 88.1 Å². The quantitative estimate of drug-likeness (QED) is 0.216. The number of fused-ring (bicyclic) bond motifs is 1. The Balaban J connectivity index is 1.42. The first-order valence-corrected chi connectivity index (χ1v) is 15.8. The molecule has 2 aromatic carbocycles. The van der Waals surface area contributed by atoms with E-state index in [1.54, 1.807) is 11.3 Å². The van der Waals surface area contributed by atoms with Crippen LogP contribution in [0.25, 0.3) is 31.9 Å². The van der Waals surface area contributed by atoms with Gasteiger partial charge in [0, 0.05) is 54.1 Å². The van der Waals surface area contributed by atoms with Crippen LogP contribution in [0.5, 0.6) is 0 Å². The van der Waals surface area contributed by atoms with Gasteiger partial charge in [-0.3, -0.25) is 9.88 Å². The van der Waals surface area contributed by atoms with Crippen molar-refractivity contribution >= 4 is 44.8 Å². The maximum absolute atomic E-state index is 13.2. The summed E-state index contributed by atoms with van der Waals surface area (Å²) >= 11 is 7.87. The van der Waals surface area contributed by atoms with Gasteiger partial charge in [-0.15, -0.1) is 11.3 Å².